The van der Waals surface area contributed by atoms with E-state index in [0.717, 1.165) is 13.0 Å². The number of thiophene rings is 1. The summed E-state index contributed by atoms with van der Waals surface area (Å²) < 4.78 is 0. The molecule has 9 heteroatoms. The molecule has 0 radical (unpaired) electrons. The normalized spacial score (nSPS) is 19.9. The molecule has 0 aliphatic carbocycles. The third kappa shape index (κ3) is 5.14. The molecule has 5 rings (SSSR count). The van der Waals surface area contributed by atoms with Crippen molar-refractivity contribution < 1.29 is 14.5 Å². The van der Waals surface area contributed by atoms with Crippen LogP contribution in [-0.4, -0.2) is 70.2 Å². The van der Waals surface area contributed by atoms with Crippen molar-refractivity contribution in [2.45, 2.75) is 32.4 Å². The molecule has 2 aliphatic rings. The highest BCUT2D eigenvalue weighted by atomic mass is 32.1. The lowest BCUT2D eigenvalue weighted by molar-refractivity contribution is -0.384. The van der Waals surface area contributed by atoms with Crippen molar-refractivity contribution in [3.05, 3.63) is 97.2 Å². The van der Waals surface area contributed by atoms with Gasteiger partial charge in [0.25, 0.3) is 11.6 Å². The lowest BCUT2D eigenvalue weighted by atomic mass is 9.92. The highest BCUT2D eigenvalue weighted by Gasteiger charge is 2.35. The van der Waals surface area contributed by atoms with Gasteiger partial charge in [-0.1, -0.05) is 35.9 Å². The maximum atomic E-state index is 13.5. The largest absolute Gasteiger partial charge is 0.338 e. The summed E-state index contributed by atoms with van der Waals surface area (Å²) in [5.41, 5.74) is 3.87. The second-order valence-electron chi connectivity index (χ2n) is 9.83. The zero-order chi connectivity index (χ0) is 26.1. The quantitative estimate of drug-likeness (QED) is 0.372. The smallest absolute Gasteiger partial charge is 0.270 e. The summed E-state index contributed by atoms with van der Waals surface area (Å²) in [6.07, 6.45) is 0.935. The van der Waals surface area contributed by atoms with Gasteiger partial charge in [-0.3, -0.25) is 24.6 Å². The van der Waals surface area contributed by atoms with E-state index >= 15 is 0 Å². The fourth-order valence-electron chi connectivity index (χ4n) is 5.36. The van der Waals surface area contributed by atoms with Crippen LogP contribution in [0.15, 0.2) is 60.0 Å². The van der Waals surface area contributed by atoms with Crippen LogP contribution in [0.25, 0.3) is 0 Å². The number of hydrogen-bond acceptors (Lipinski definition) is 6. The van der Waals surface area contributed by atoms with Gasteiger partial charge in [0.05, 0.1) is 17.5 Å². The van der Waals surface area contributed by atoms with E-state index < -0.39 is 4.92 Å². The van der Waals surface area contributed by atoms with Crippen molar-refractivity contribution >= 4 is 28.8 Å². The van der Waals surface area contributed by atoms with Crippen LogP contribution in [0.1, 0.15) is 44.9 Å². The van der Waals surface area contributed by atoms with Gasteiger partial charge in [0.15, 0.2) is 0 Å². The molecule has 1 saturated heterocycles. The molecule has 0 bridgehead atoms. The van der Waals surface area contributed by atoms with Crippen molar-refractivity contribution in [1.82, 2.24) is 14.7 Å². The number of nitro groups is 1. The molecule has 0 saturated carbocycles. The molecule has 1 fully saturated rings. The van der Waals surface area contributed by atoms with E-state index in [1.807, 2.05) is 11.8 Å². The average molecular weight is 519 g/mol. The Morgan fingerprint density at radius 1 is 1.08 bits per heavy atom. The molecule has 37 heavy (non-hydrogen) atoms. The molecule has 2 aliphatic heterocycles. The third-order valence-electron chi connectivity index (χ3n) is 7.34. The lowest BCUT2D eigenvalue weighted by Gasteiger charge is -2.42. The summed E-state index contributed by atoms with van der Waals surface area (Å²) >= 11 is 1.78. The highest BCUT2D eigenvalue weighted by Crippen LogP contribution is 2.37. The van der Waals surface area contributed by atoms with Crippen LogP contribution in [0, 0.1) is 17.0 Å². The van der Waals surface area contributed by atoms with E-state index in [1.54, 1.807) is 22.3 Å². The lowest BCUT2D eigenvalue weighted by Crippen LogP contribution is -2.57. The van der Waals surface area contributed by atoms with Crippen LogP contribution in [0.3, 0.4) is 0 Å². The second kappa shape index (κ2) is 10.4. The Labute approximate surface area is 220 Å². The van der Waals surface area contributed by atoms with Gasteiger partial charge in [-0.05, 0) is 48.9 Å². The predicted molar refractivity (Wildman–Crippen MR) is 143 cm³/mol. The molecular formula is C28H30N4O4S. The summed E-state index contributed by atoms with van der Waals surface area (Å²) in [7, 11) is 0. The van der Waals surface area contributed by atoms with Crippen molar-refractivity contribution in [2.75, 3.05) is 32.7 Å². The number of carbonyl (C=O) groups excluding carboxylic acids is 2. The highest BCUT2D eigenvalue weighted by molar-refractivity contribution is 7.10. The Balaban J connectivity index is 1.27. The maximum Gasteiger partial charge on any atom is 0.270 e. The van der Waals surface area contributed by atoms with Crippen molar-refractivity contribution in [3.8, 4) is 0 Å². The molecule has 3 aromatic rings. The van der Waals surface area contributed by atoms with Gasteiger partial charge < -0.3 is 9.80 Å². The number of non-ortho nitro benzene ring substituents is 1. The van der Waals surface area contributed by atoms with Gasteiger partial charge in [-0.15, -0.1) is 11.3 Å². The number of nitro benzene ring substituents is 1. The molecule has 2 atom stereocenters. The Kier molecular flexibility index (Phi) is 7.08. The first-order valence-electron chi connectivity index (χ1n) is 12.5. The topological polar surface area (TPSA) is 87.0 Å². The third-order valence-corrected chi connectivity index (χ3v) is 8.34. The van der Waals surface area contributed by atoms with Crippen molar-refractivity contribution in [2.24, 2.45) is 0 Å². The first-order chi connectivity index (χ1) is 17.8. The molecule has 3 heterocycles. The molecule has 8 nitrogen and oxygen atoms in total. The summed E-state index contributed by atoms with van der Waals surface area (Å²) in [6.45, 7) is 6.40. The SMILES string of the molecule is Cc1ccc([C@@H]2c3ccsc3CCN2CC(=O)N2CCN(C(=O)c3cccc([N+](=O)[O-])c3)[C@@H](C)C2)cc1. The molecule has 0 spiro atoms. The first kappa shape index (κ1) is 25.1. The van der Waals surface area contributed by atoms with E-state index in [1.165, 1.54) is 39.8 Å². The molecule has 0 unspecified atom stereocenters. The Hall–Kier alpha value is -3.56. The number of benzene rings is 2. The number of hydrogen-bond donors (Lipinski definition) is 0. The summed E-state index contributed by atoms with van der Waals surface area (Å²) in [6, 6.07) is 16.4. The average Bonchev–Trinajstić information content (AvgIpc) is 3.38. The van der Waals surface area contributed by atoms with E-state index in [2.05, 4.69) is 47.5 Å². The standard InChI is InChI=1S/C28H30N4O4S/c1-19-6-8-21(9-7-19)27-24-11-15-37-25(24)10-12-30(27)18-26(33)29-13-14-31(20(2)17-29)28(34)22-4-3-5-23(16-22)32(35)36/h3-9,11,15-16,20,27H,10,12-14,17-18H2,1-2H3/t20-,27+/m0/s1. The number of carbonyl (C=O) groups is 2. The van der Waals surface area contributed by atoms with Crippen molar-refractivity contribution in [3.63, 3.8) is 0 Å². The van der Waals surface area contributed by atoms with E-state index in [0.29, 0.717) is 31.7 Å². The number of rotatable bonds is 5. The number of piperazine rings is 1. The molecule has 2 amide bonds. The Morgan fingerprint density at radius 3 is 2.59 bits per heavy atom. The zero-order valence-corrected chi connectivity index (χ0v) is 21.8. The van der Waals surface area contributed by atoms with Gasteiger partial charge in [0.2, 0.25) is 5.91 Å². The second-order valence-corrected chi connectivity index (χ2v) is 10.8. The Morgan fingerprint density at radius 2 is 1.86 bits per heavy atom. The number of nitrogens with zero attached hydrogens (tertiary/aromatic N) is 4. The summed E-state index contributed by atoms with van der Waals surface area (Å²) in [5, 5.41) is 13.2. The molecule has 2 aromatic carbocycles. The fraction of sp³-hybridized carbons (Fsp3) is 0.357. The maximum absolute atomic E-state index is 13.5. The minimum absolute atomic E-state index is 0.0497. The van der Waals surface area contributed by atoms with Gasteiger partial charge >= 0.3 is 0 Å². The van der Waals surface area contributed by atoms with Crippen LogP contribution in [0.5, 0.6) is 0 Å². The van der Waals surface area contributed by atoms with Crippen LogP contribution in [-0.2, 0) is 11.2 Å². The van der Waals surface area contributed by atoms with Gasteiger partial charge in [-0.2, -0.15) is 0 Å². The van der Waals surface area contributed by atoms with Crippen LogP contribution >= 0.6 is 11.3 Å². The summed E-state index contributed by atoms with van der Waals surface area (Å²) in [5.74, 6) is -0.186. The molecule has 0 N–H and O–H groups in total. The minimum atomic E-state index is -0.500. The summed E-state index contributed by atoms with van der Waals surface area (Å²) in [4.78, 5) is 44.4. The van der Waals surface area contributed by atoms with Crippen LogP contribution in [0.2, 0.25) is 0 Å². The molecular weight excluding hydrogens is 488 g/mol. The monoisotopic (exact) mass is 518 g/mol. The molecule has 192 valence electrons. The number of aryl methyl sites for hydroxylation is 1. The van der Waals surface area contributed by atoms with Crippen molar-refractivity contribution in [1.29, 1.82) is 0 Å². The van der Waals surface area contributed by atoms with E-state index in [-0.39, 0.29) is 29.6 Å². The fourth-order valence-corrected chi connectivity index (χ4v) is 6.26. The van der Waals surface area contributed by atoms with Crippen LogP contribution < -0.4 is 0 Å². The number of fused-ring (bicyclic) bond motifs is 1. The molecule has 1 aromatic heterocycles. The zero-order valence-electron chi connectivity index (χ0n) is 21.0. The van der Waals surface area contributed by atoms with Crippen LogP contribution in [0.4, 0.5) is 5.69 Å². The van der Waals surface area contributed by atoms with Gasteiger partial charge in [-0.25, -0.2) is 0 Å². The minimum Gasteiger partial charge on any atom is -0.338 e. The predicted octanol–water partition coefficient (Wildman–Crippen LogP) is 4.29. The van der Waals surface area contributed by atoms with E-state index in [9.17, 15) is 19.7 Å². The Bertz CT molecular complexity index is 1320. The van der Waals surface area contributed by atoms with E-state index in [4.69, 9.17) is 0 Å². The first-order valence-corrected chi connectivity index (χ1v) is 13.4. The van der Waals surface area contributed by atoms with Gasteiger partial charge in [0, 0.05) is 54.8 Å². The number of amides is 2. The van der Waals surface area contributed by atoms with Gasteiger partial charge in [0.1, 0.15) is 0 Å².